The van der Waals surface area contributed by atoms with Crippen molar-refractivity contribution in [1.82, 2.24) is 20.3 Å². The van der Waals surface area contributed by atoms with Gasteiger partial charge < -0.3 is 15.1 Å². The third-order valence-corrected chi connectivity index (χ3v) is 6.44. The van der Waals surface area contributed by atoms with Gasteiger partial charge in [-0.3, -0.25) is 4.98 Å². The molecule has 3 atom stereocenters. The Morgan fingerprint density at radius 3 is 2.92 bits per heavy atom. The average molecular weight is 328 g/mol. The molecule has 6 heteroatoms. The van der Waals surface area contributed by atoms with Crippen molar-refractivity contribution in [2.45, 2.75) is 30.8 Å². The first-order valence-electron chi connectivity index (χ1n) is 8.90. The van der Waals surface area contributed by atoms with Gasteiger partial charge in [0.05, 0.1) is 0 Å². The van der Waals surface area contributed by atoms with Crippen molar-refractivity contribution >= 4 is 17.3 Å². The minimum Gasteiger partial charge on any atom is -0.387 e. The van der Waals surface area contributed by atoms with Gasteiger partial charge in [0.1, 0.15) is 18.0 Å². The Bertz CT molecular complexity index is 1010. The molecule has 0 saturated heterocycles. The molecule has 0 saturated carbocycles. The van der Waals surface area contributed by atoms with Crippen molar-refractivity contribution in [2.24, 2.45) is 0 Å². The molecule has 3 unspecified atom stereocenters. The molecule has 122 valence electrons. The largest absolute Gasteiger partial charge is 0.387 e. The van der Waals surface area contributed by atoms with Gasteiger partial charge in [-0.2, -0.15) is 0 Å². The molecule has 5 aliphatic heterocycles. The molecule has 1 N–H and O–H groups in total. The van der Waals surface area contributed by atoms with E-state index in [-0.39, 0.29) is 0 Å². The van der Waals surface area contributed by atoms with E-state index in [1.165, 1.54) is 28.1 Å². The highest BCUT2D eigenvalue weighted by atomic mass is 15.4. The Balaban J connectivity index is 1.45. The van der Waals surface area contributed by atoms with Crippen LogP contribution in [0, 0.1) is 0 Å². The van der Waals surface area contributed by atoms with Gasteiger partial charge in [0.15, 0.2) is 0 Å². The van der Waals surface area contributed by atoms with E-state index in [0.29, 0.717) is 18.0 Å². The van der Waals surface area contributed by atoms with Crippen molar-refractivity contribution in [3.05, 3.63) is 59.5 Å². The van der Waals surface area contributed by atoms with E-state index in [2.05, 4.69) is 38.4 Å². The standard InChI is InChI=1S/C19H16N6/c1-3-20-7-10-5-14-16-15-6-11-8-21-4-2-13(11)25(15)19-17(16)18(22-9-23-19)24(14)12(1)10/h1-4,7,9,14-16,21H,5-6,8H2. The van der Waals surface area contributed by atoms with Crippen LogP contribution in [-0.4, -0.2) is 33.6 Å². The quantitative estimate of drug-likeness (QED) is 0.798. The molecule has 0 aromatic carbocycles. The number of hydrogen-bond donors (Lipinski definition) is 1. The molecule has 2 aromatic heterocycles. The van der Waals surface area contributed by atoms with E-state index in [4.69, 9.17) is 9.97 Å². The maximum absolute atomic E-state index is 4.71. The average Bonchev–Trinajstić information content (AvgIpc) is 3.35. The normalized spacial score (nSPS) is 29.4. The lowest BCUT2D eigenvalue weighted by molar-refractivity contribution is 0.498. The first-order valence-corrected chi connectivity index (χ1v) is 8.90. The van der Waals surface area contributed by atoms with Crippen molar-refractivity contribution in [3.63, 3.8) is 0 Å². The zero-order valence-electron chi connectivity index (χ0n) is 13.6. The summed E-state index contributed by atoms with van der Waals surface area (Å²) in [6.07, 6.45) is 12.1. The summed E-state index contributed by atoms with van der Waals surface area (Å²) >= 11 is 0. The van der Waals surface area contributed by atoms with Crippen LogP contribution in [0.5, 0.6) is 0 Å². The number of nitrogens with zero attached hydrogens (tertiary/aromatic N) is 5. The lowest BCUT2D eigenvalue weighted by Crippen LogP contribution is -2.37. The fourth-order valence-electron chi connectivity index (χ4n) is 5.60. The van der Waals surface area contributed by atoms with Crippen LogP contribution in [0.3, 0.4) is 0 Å². The van der Waals surface area contributed by atoms with Crippen LogP contribution in [0.4, 0.5) is 17.3 Å². The van der Waals surface area contributed by atoms with Gasteiger partial charge in [-0.1, -0.05) is 0 Å². The fraction of sp³-hybridized carbons (Fsp3) is 0.316. The zero-order chi connectivity index (χ0) is 16.1. The molecule has 0 radical (unpaired) electrons. The smallest absolute Gasteiger partial charge is 0.142 e. The summed E-state index contributed by atoms with van der Waals surface area (Å²) in [5.41, 5.74) is 6.84. The molecule has 0 fully saturated rings. The van der Waals surface area contributed by atoms with Gasteiger partial charge in [0.2, 0.25) is 0 Å². The molecule has 7 heterocycles. The predicted octanol–water partition coefficient (Wildman–Crippen LogP) is 1.99. The molecule has 0 aliphatic carbocycles. The number of fused-ring (bicyclic) bond motifs is 9. The van der Waals surface area contributed by atoms with Gasteiger partial charge in [0, 0.05) is 53.9 Å². The molecule has 0 bridgehead atoms. The van der Waals surface area contributed by atoms with Crippen LogP contribution in [0.2, 0.25) is 0 Å². The Morgan fingerprint density at radius 1 is 1.08 bits per heavy atom. The predicted molar refractivity (Wildman–Crippen MR) is 93.7 cm³/mol. The van der Waals surface area contributed by atoms with Crippen LogP contribution in [0.25, 0.3) is 0 Å². The summed E-state index contributed by atoms with van der Waals surface area (Å²) in [4.78, 5) is 18.7. The minimum atomic E-state index is 0.443. The number of anilines is 3. The molecule has 0 amide bonds. The molecule has 25 heavy (non-hydrogen) atoms. The maximum atomic E-state index is 4.71. The first-order chi connectivity index (χ1) is 12.4. The van der Waals surface area contributed by atoms with E-state index < -0.39 is 0 Å². The van der Waals surface area contributed by atoms with Crippen LogP contribution in [0.15, 0.2) is 48.3 Å². The lowest BCUT2D eigenvalue weighted by Gasteiger charge is -2.30. The molecule has 6 nitrogen and oxygen atoms in total. The lowest BCUT2D eigenvalue weighted by atomic mass is 9.87. The number of pyridine rings is 1. The number of aromatic nitrogens is 3. The van der Waals surface area contributed by atoms with E-state index >= 15 is 0 Å². The summed E-state index contributed by atoms with van der Waals surface area (Å²) in [6.45, 7) is 0.956. The third kappa shape index (κ3) is 1.30. The zero-order valence-corrected chi connectivity index (χ0v) is 13.6. The molecule has 0 spiro atoms. The number of hydrogen-bond acceptors (Lipinski definition) is 6. The van der Waals surface area contributed by atoms with Crippen molar-refractivity contribution in [3.8, 4) is 0 Å². The second-order valence-electron chi connectivity index (χ2n) is 7.45. The summed E-state index contributed by atoms with van der Waals surface area (Å²) in [5.74, 6) is 2.71. The van der Waals surface area contributed by atoms with Gasteiger partial charge in [-0.15, -0.1) is 0 Å². The fourth-order valence-corrected chi connectivity index (χ4v) is 5.60. The van der Waals surface area contributed by atoms with Crippen molar-refractivity contribution < 1.29 is 0 Å². The molecule has 7 rings (SSSR count). The van der Waals surface area contributed by atoms with E-state index in [9.17, 15) is 0 Å². The van der Waals surface area contributed by atoms with Gasteiger partial charge in [-0.25, -0.2) is 9.97 Å². The maximum Gasteiger partial charge on any atom is 0.142 e. The number of rotatable bonds is 0. The summed E-state index contributed by atoms with van der Waals surface area (Å²) in [6, 6.07) is 3.04. The monoisotopic (exact) mass is 328 g/mol. The highest BCUT2D eigenvalue weighted by Gasteiger charge is 2.57. The highest BCUT2D eigenvalue weighted by molar-refractivity contribution is 5.83. The van der Waals surface area contributed by atoms with Crippen LogP contribution in [0.1, 0.15) is 23.5 Å². The van der Waals surface area contributed by atoms with Gasteiger partial charge in [0.25, 0.3) is 0 Å². The molecule has 5 aliphatic rings. The summed E-state index contributed by atoms with van der Waals surface area (Å²) in [5, 5.41) is 3.36. The van der Waals surface area contributed by atoms with E-state index in [1.807, 2.05) is 12.4 Å². The van der Waals surface area contributed by atoms with Crippen molar-refractivity contribution in [2.75, 3.05) is 16.3 Å². The highest BCUT2D eigenvalue weighted by Crippen LogP contribution is 2.61. The van der Waals surface area contributed by atoms with E-state index in [1.54, 1.807) is 6.33 Å². The SMILES string of the molecule is C1=CC2=C(CN1)CC1C3c4c(ncnc4N4c5ccncc5CC34)N21. The number of nitrogens with one attached hydrogen (secondary N) is 1. The molecular formula is C19H16N6. The second kappa shape index (κ2) is 4.02. The minimum absolute atomic E-state index is 0.443. The van der Waals surface area contributed by atoms with Crippen LogP contribution in [-0.2, 0) is 6.42 Å². The second-order valence-corrected chi connectivity index (χ2v) is 7.45. The number of dihydropyridines is 1. The van der Waals surface area contributed by atoms with E-state index in [0.717, 1.165) is 31.0 Å². The Morgan fingerprint density at radius 2 is 1.96 bits per heavy atom. The molecule has 2 aromatic rings. The van der Waals surface area contributed by atoms with Gasteiger partial charge >= 0.3 is 0 Å². The Labute approximate surface area is 144 Å². The van der Waals surface area contributed by atoms with Crippen LogP contribution < -0.4 is 15.1 Å². The topological polar surface area (TPSA) is 57.2 Å². The third-order valence-electron chi connectivity index (χ3n) is 6.44. The summed E-state index contributed by atoms with van der Waals surface area (Å²) < 4.78 is 0. The molecular weight excluding hydrogens is 312 g/mol. The van der Waals surface area contributed by atoms with Gasteiger partial charge in [-0.05, 0) is 42.3 Å². The summed E-state index contributed by atoms with van der Waals surface area (Å²) in [7, 11) is 0. The number of allylic oxidation sites excluding steroid dienone is 1. The Hall–Kier alpha value is -2.89. The Kier molecular flexibility index (Phi) is 2.00. The van der Waals surface area contributed by atoms with Crippen LogP contribution >= 0.6 is 0 Å². The first kappa shape index (κ1) is 12.5. The van der Waals surface area contributed by atoms with Crippen molar-refractivity contribution in [1.29, 1.82) is 0 Å².